The summed E-state index contributed by atoms with van der Waals surface area (Å²) in [6.07, 6.45) is 0.632. The Balaban J connectivity index is 1.55. The quantitative estimate of drug-likeness (QED) is 0.831. The Hall–Kier alpha value is -1.44. The van der Waals surface area contributed by atoms with Crippen molar-refractivity contribution in [2.24, 2.45) is 0 Å². The molecule has 0 unspecified atom stereocenters. The summed E-state index contributed by atoms with van der Waals surface area (Å²) in [5, 5.41) is 15.1. The van der Waals surface area contributed by atoms with Crippen molar-refractivity contribution in [3.63, 3.8) is 0 Å². The van der Waals surface area contributed by atoms with E-state index in [-0.39, 0.29) is 12.5 Å². The van der Waals surface area contributed by atoms with Crippen LogP contribution < -0.4 is 0 Å². The molecule has 2 aliphatic heterocycles. The van der Waals surface area contributed by atoms with Gasteiger partial charge in [0.2, 0.25) is 5.91 Å². The van der Waals surface area contributed by atoms with Gasteiger partial charge in [0.25, 0.3) is 0 Å². The fourth-order valence-corrected chi connectivity index (χ4v) is 3.44. The molecule has 1 aromatic heterocycles. The van der Waals surface area contributed by atoms with Gasteiger partial charge in [-0.2, -0.15) is 5.10 Å². The van der Waals surface area contributed by atoms with Crippen LogP contribution in [0.1, 0.15) is 17.8 Å². The number of carbonyl (C=O) groups excluding carboxylic acids is 1. The van der Waals surface area contributed by atoms with Gasteiger partial charge in [-0.05, 0) is 26.3 Å². The average molecular weight is 322 g/mol. The molecule has 3 heterocycles. The first kappa shape index (κ1) is 16.4. The van der Waals surface area contributed by atoms with Crippen LogP contribution in [0, 0.1) is 13.8 Å². The standard InChI is InChI=1S/C16H26N4O3/c1-13-9-14(2)20(17-13)10-15(21)19-4-3-16(22,12-19)11-18-5-7-23-8-6-18/h9,22H,3-8,10-12H2,1-2H3/t16-/m1/s1. The highest BCUT2D eigenvalue weighted by Gasteiger charge is 2.39. The number of aryl methyl sites for hydroxylation is 2. The number of carbonyl (C=O) groups is 1. The van der Waals surface area contributed by atoms with Crippen molar-refractivity contribution in [2.45, 2.75) is 32.4 Å². The van der Waals surface area contributed by atoms with Crippen LogP contribution in [0.2, 0.25) is 0 Å². The second-order valence-corrected chi connectivity index (χ2v) is 6.76. The maximum Gasteiger partial charge on any atom is 0.244 e. The van der Waals surface area contributed by atoms with E-state index < -0.39 is 5.60 Å². The van der Waals surface area contributed by atoms with Crippen LogP contribution >= 0.6 is 0 Å². The Labute approximate surface area is 136 Å². The van der Waals surface area contributed by atoms with E-state index in [1.807, 2.05) is 19.9 Å². The van der Waals surface area contributed by atoms with Crippen LogP contribution in [0.4, 0.5) is 0 Å². The zero-order valence-corrected chi connectivity index (χ0v) is 14.0. The molecule has 7 nitrogen and oxygen atoms in total. The highest BCUT2D eigenvalue weighted by Crippen LogP contribution is 2.23. The van der Waals surface area contributed by atoms with E-state index >= 15 is 0 Å². The topological polar surface area (TPSA) is 70.8 Å². The number of hydrogen-bond acceptors (Lipinski definition) is 5. The summed E-state index contributed by atoms with van der Waals surface area (Å²) >= 11 is 0. The van der Waals surface area contributed by atoms with Crippen molar-refractivity contribution in [3.05, 3.63) is 17.5 Å². The van der Waals surface area contributed by atoms with Crippen LogP contribution in [0.15, 0.2) is 6.07 Å². The van der Waals surface area contributed by atoms with E-state index in [1.165, 1.54) is 0 Å². The van der Waals surface area contributed by atoms with Crippen LogP contribution in [-0.4, -0.2) is 82.1 Å². The Morgan fingerprint density at radius 3 is 2.74 bits per heavy atom. The smallest absolute Gasteiger partial charge is 0.244 e. The molecule has 0 aliphatic carbocycles. The fraction of sp³-hybridized carbons (Fsp3) is 0.750. The number of β-amino-alcohol motifs (C(OH)–C–C–N with tert-alkyl or cyclic N) is 1. The predicted molar refractivity (Wildman–Crippen MR) is 85.1 cm³/mol. The van der Waals surface area contributed by atoms with Gasteiger partial charge in [-0.15, -0.1) is 0 Å². The number of amides is 1. The molecule has 2 saturated heterocycles. The predicted octanol–water partition coefficient (Wildman–Crippen LogP) is -0.204. The highest BCUT2D eigenvalue weighted by molar-refractivity contribution is 5.76. The number of ether oxygens (including phenoxy) is 1. The van der Waals surface area contributed by atoms with Crippen molar-refractivity contribution in [1.29, 1.82) is 0 Å². The van der Waals surface area contributed by atoms with Crippen LogP contribution in [0.25, 0.3) is 0 Å². The molecule has 1 amide bonds. The molecule has 0 bridgehead atoms. The number of aromatic nitrogens is 2. The van der Waals surface area contributed by atoms with Crippen LogP contribution in [0.3, 0.4) is 0 Å². The van der Waals surface area contributed by atoms with Gasteiger partial charge < -0.3 is 14.7 Å². The maximum atomic E-state index is 12.5. The van der Waals surface area contributed by atoms with Crippen LogP contribution in [-0.2, 0) is 16.1 Å². The number of rotatable bonds is 4. The van der Waals surface area contributed by atoms with E-state index in [1.54, 1.807) is 9.58 Å². The molecule has 1 N–H and O–H groups in total. The third kappa shape index (κ3) is 3.91. The summed E-state index contributed by atoms with van der Waals surface area (Å²) in [4.78, 5) is 16.5. The zero-order valence-electron chi connectivity index (χ0n) is 14.0. The van der Waals surface area contributed by atoms with Gasteiger partial charge in [-0.25, -0.2) is 0 Å². The van der Waals surface area contributed by atoms with Gasteiger partial charge >= 0.3 is 0 Å². The summed E-state index contributed by atoms with van der Waals surface area (Å²) in [7, 11) is 0. The number of hydrogen-bond donors (Lipinski definition) is 1. The summed E-state index contributed by atoms with van der Waals surface area (Å²) in [5.41, 5.74) is 1.10. The minimum Gasteiger partial charge on any atom is -0.387 e. The number of nitrogens with zero attached hydrogens (tertiary/aromatic N) is 4. The van der Waals surface area contributed by atoms with Gasteiger partial charge in [-0.3, -0.25) is 14.4 Å². The molecular formula is C16H26N4O3. The third-order valence-corrected chi connectivity index (χ3v) is 4.69. The largest absolute Gasteiger partial charge is 0.387 e. The Morgan fingerprint density at radius 2 is 2.09 bits per heavy atom. The molecule has 7 heteroatoms. The molecule has 0 aromatic carbocycles. The van der Waals surface area contributed by atoms with Crippen LogP contribution in [0.5, 0.6) is 0 Å². The maximum absolute atomic E-state index is 12.5. The second kappa shape index (κ2) is 6.59. The molecule has 2 aliphatic rings. The van der Waals surface area contributed by atoms with E-state index in [4.69, 9.17) is 4.74 Å². The Morgan fingerprint density at radius 1 is 1.35 bits per heavy atom. The molecule has 1 atom stereocenters. The normalized spacial score (nSPS) is 26.0. The van der Waals surface area contributed by atoms with Gasteiger partial charge in [0.05, 0.1) is 31.1 Å². The van der Waals surface area contributed by atoms with E-state index in [0.717, 1.165) is 37.7 Å². The first-order chi connectivity index (χ1) is 11.0. The Kier molecular flexibility index (Phi) is 4.70. The lowest BCUT2D eigenvalue weighted by Gasteiger charge is -2.33. The monoisotopic (exact) mass is 322 g/mol. The molecule has 0 spiro atoms. The lowest BCUT2D eigenvalue weighted by atomic mass is 10.0. The Bertz CT molecular complexity index is 568. The van der Waals surface area contributed by atoms with Crippen molar-refractivity contribution < 1.29 is 14.6 Å². The van der Waals surface area contributed by atoms with Crippen molar-refractivity contribution >= 4 is 5.91 Å². The van der Waals surface area contributed by atoms with Gasteiger partial charge in [0.15, 0.2) is 0 Å². The molecule has 0 radical (unpaired) electrons. The minimum absolute atomic E-state index is 0.0223. The molecule has 3 rings (SSSR count). The number of aliphatic hydroxyl groups is 1. The average Bonchev–Trinajstić information content (AvgIpc) is 3.03. The van der Waals surface area contributed by atoms with Gasteiger partial charge in [0, 0.05) is 31.9 Å². The molecule has 0 saturated carbocycles. The van der Waals surface area contributed by atoms with Crippen molar-refractivity contribution in [3.8, 4) is 0 Å². The van der Waals surface area contributed by atoms with E-state index in [2.05, 4.69) is 10.00 Å². The van der Waals surface area contributed by atoms with Crippen molar-refractivity contribution in [1.82, 2.24) is 19.6 Å². The van der Waals surface area contributed by atoms with E-state index in [9.17, 15) is 9.90 Å². The van der Waals surface area contributed by atoms with Gasteiger partial charge in [-0.1, -0.05) is 0 Å². The van der Waals surface area contributed by atoms with Gasteiger partial charge in [0.1, 0.15) is 6.54 Å². The first-order valence-corrected chi connectivity index (χ1v) is 8.26. The molecule has 23 heavy (non-hydrogen) atoms. The SMILES string of the molecule is Cc1cc(C)n(CC(=O)N2CC[C@@](O)(CN3CCOCC3)C2)n1. The van der Waals surface area contributed by atoms with Crippen molar-refractivity contribution in [2.75, 3.05) is 45.9 Å². The summed E-state index contributed by atoms with van der Waals surface area (Å²) in [5.74, 6) is 0.0223. The lowest BCUT2D eigenvalue weighted by molar-refractivity contribution is -0.132. The summed E-state index contributed by atoms with van der Waals surface area (Å²) in [6, 6.07) is 1.96. The fourth-order valence-electron chi connectivity index (χ4n) is 3.44. The summed E-state index contributed by atoms with van der Waals surface area (Å²) in [6.45, 7) is 8.88. The molecular weight excluding hydrogens is 296 g/mol. The third-order valence-electron chi connectivity index (χ3n) is 4.69. The minimum atomic E-state index is -0.803. The molecule has 2 fully saturated rings. The molecule has 1 aromatic rings. The molecule has 128 valence electrons. The summed E-state index contributed by atoms with van der Waals surface area (Å²) < 4.78 is 7.07. The number of likely N-dealkylation sites (tertiary alicyclic amines) is 1. The number of morpholine rings is 1. The first-order valence-electron chi connectivity index (χ1n) is 8.26. The zero-order chi connectivity index (χ0) is 16.4. The van der Waals surface area contributed by atoms with E-state index in [0.29, 0.717) is 26.1 Å². The lowest BCUT2D eigenvalue weighted by Crippen LogP contribution is -2.49. The highest BCUT2D eigenvalue weighted by atomic mass is 16.5. The second-order valence-electron chi connectivity index (χ2n) is 6.76.